The van der Waals surface area contributed by atoms with Gasteiger partial charge in [0, 0.05) is 6.54 Å². The minimum Gasteiger partial charge on any atom is -0.497 e. The Morgan fingerprint density at radius 1 is 1.33 bits per heavy atom. The quantitative estimate of drug-likeness (QED) is 0.892. The molecule has 0 saturated heterocycles. The second-order valence-corrected chi connectivity index (χ2v) is 5.89. The molecule has 112 valence electrons. The fourth-order valence-electron chi connectivity index (χ4n) is 2.13. The highest BCUT2D eigenvalue weighted by molar-refractivity contribution is 7.12. The van der Waals surface area contributed by atoms with Crippen molar-refractivity contribution in [2.45, 2.75) is 6.04 Å². The van der Waals surface area contributed by atoms with E-state index in [2.05, 4.69) is 10.2 Å². The van der Waals surface area contributed by atoms with Crippen LogP contribution in [0, 0.1) is 0 Å². The normalized spacial score (nSPS) is 12.2. The van der Waals surface area contributed by atoms with Gasteiger partial charge in [-0.15, -0.1) is 11.3 Å². The number of likely N-dealkylation sites (N-methyl/N-ethyl adjacent to an activating group) is 1. The van der Waals surface area contributed by atoms with Crippen molar-refractivity contribution >= 4 is 17.2 Å². The molecular weight excluding hydrogens is 284 g/mol. The summed E-state index contributed by atoms with van der Waals surface area (Å²) in [4.78, 5) is 14.9. The van der Waals surface area contributed by atoms with Crippen molar-refractivity contribution in [3.63, 3.8) is 0 Å². The van der Waals surface area contributed by atoms with Crippen LogP contribution in [0.15, 0.2) is 41.8 Å². The van der Waals surface area contributed by atoms with Crippen molar-refractivity contribution < 1.29 is 9.53 Å². The summed E-state index contributed by atoms with van der Waals surface area (Å²) in [6.45, 7) is 0.552. The second-order valence-electron chi connectivity index (χ2n) is 4.94. The van der Waals surface area contributed by atoms with Gasteiger partial charge in [0.25, 0.3) is 5.91 Å². The number of benzene rings is 1. The van der Waals surface area contributed by atoms with E-state index in [0.29, 0.717) is 6.54 Å². The molecule has 1 heterocycles. The molecule has 0 fully saturated rings. The zero-order valence-electron chi connectivity index (χ0n) is 12.5. The van der Waals surface area contributed by atoms with Gasteiger partial charge in [0.2, 0.25) is 0 Å². The van der Waals surface area contributed by atoms with Gasteiger partial charge in [-0.25, -0.2) is 0 Å². The number of rotatable bonds is 6. The SMILES string of the molecule is COc1cccc(C(CNC(=O)c2cccs2)N(C)C)c1. The summed E-state index contributed by atoms with van der Waals surface area (Å²) in [5.74, 6) is 0.795. The Kier molecular flexibility index (Phi) is 5.36. The second kappa shape index (κ2) is 7.24. The highest BCUT2D eigenvalue weighted by Gasteiger charge is 2.16. The van der Waals surface area contributed by atoms with Crippen molar-refractivity contribution in [2.24, 2.45) is 0 Å². The molecule has 1 amide bonds. The highest BCUT2D eigenvalue weighted by Crippen LogP contribution is 2.22. The van der Waals surface area contributed by atoms with Crippen LogP contribution in [0.2, 0.25) is 0 Å². The van der Waals surface area contributed by atoms with Crippen molar-refractivity contribution in [1.29, 1.82) is 0 Å². The maximum atomic E-state index is 12.0. The van der Waals surface area contributed by atoms with Gasteiger partial charge in [-0.2, -0.15) is 0 Å². The summed E-state index contributed by atoms with van der Waals surface area (Å²) in [6, 6.07) is 11.7. The van der Waals surface area contributed by atoms with E-state index in [-0.39, 0.29) is 11.9 Å². The van der Waals surface area contributed by atoms with Crippen LogP contribution < -0.4 is 10.1 Å². The first-order chi connectivity index (χ1) is 10.1. The largest absolute Gasteiger partial charge is 0.497 e. The molecule has 0 aliphatic carbocycles. The van der Waals surface area contributed by atoms with Crippen LogP contribution >= 0.6 is 11.3 Å². The summed E-state index contributed by atoms with van der Waals surface area (Å²) in [5.41, 5.74) is 1.12. The molecule has 0 spiro atoms. The third kappa shape index (κ3) is 4.06. The average molecular weight is 304 g/mol. The Labute approximate surface area is 129 Å². The van der Waals surface area contributed by atoms with Crippen LogP contribution in [-0.4, -0.2) is 38.6 Å². The smallest absolute Gasteiger partial charge is 0.261 e. The summed E-state index contributed by atoms with van der Waals surface area (Å²) in [5, 5.41) is 4.89. The number of nitrogens with one attached hydrogen (secondary N) is 1. The number of carbonyl (C=O) groups excluding carboxylic acids is 1. The molecule has 1 aromatic heterocycles. The Bertz CT molecular complexity index is 582. The van der Waals surface area contributed by atoms with Gasteiger partial charge in [0.15, 0.2) is 0 Å². The van der Waals surface area contributed by atoms with E-state index in [9.17, 15) is 4.79 Å². The maximum Gasteiger partial charge on any atom is 0.261 e. The van der Waals surface area contributed by atoms with Gasteiger partial charge in [0.05, 0.1) is 18.0 Å². The van der Waals surface area contributed by atoms with Gasteiger partial charge in [-0.1, -0.05) is 18.2 Å². The number of amides is 1. The number of nitrogens with zero attached hydrogens (tertiary/aromatic N) is 1. The maximum absolute atomic E-state index is 12.0. The summed E-state index contributed by atoms with van der Waals surface area (Å²) < 4.78 is 5.27. The van der Waals surface area contributed by atoms with E-state index in [1.165, 1.54) is 11.3 Å². The average Bonchev–Trinajstić information content (AvgIpc) is 3.01. The zero-order valence-corrected chi connectivity index (χ0v) is 13.3. The zero-order chi connectivity index (χ0) is 15.2. The molecule has 2 aromatic rings. The minimum absolute atomic E-state index is 0.0280. The van der Waals surface area contributed by atoms with Gasteiger partial charge in [-0.3, -0.25) is 4.79 Å². The van der Waals surface area contributed by atoms with Gasteiger partial charge < -0.3 is 15.0 Å². The van der Waals surface area contributed by atoms with E-state index in [1.54, 1.807) is 7.11 Å². The van der Waals surface area contributed by atoms with Crippen LogP contribution in [0.4, 0.5) is 0 Å². The van der Waals surface area contributed by atoms with Crippen molar-refractivity contribution in [3.05, 3.63) is 52.2 Å². The molecule has 1 unspecified atom stereocenters. The molecule has 21 heavy (non-hydrogen) atoms. The molecule has 5 heteroatoms. The van der Waals surface area contributed by atoms with E-state index < -0.39 is 0 Å². The van der Waals surface area contributed by atoms with E-state index in [4.69, 9.17) is 4.74 Å². The Balaban J connectivity index is 2.07. The Morgan fingerprint density at radius 3 is 2.76 bits per heavy atom. The Morgan fingerprint density at radius 2 is 2.14 bits per heavy atom. The molecule has 0 bridgehead atoms. The molecule has 0 radical (unpaired) electrons. The summed E-state index contributed by atoms with van der Waals surface area (Å²) in [6.07, 6.45) is 0. The first kappa shape index (κ1) is 15.5. The fourth-order valence-corrected chi connectivity index (χ4v) is 2.77. The molecule has 1 aromatic carbocycles. The van der Waals surface area contributed by atoms with E-state index in [1.807, 2.05) is 55.9 Å². The van der Waals surface area contributed by atoms with E-state index >= 15 is 0 Å². The lowest BCUT2D eigenvalue weighted by molar-refractivity contribution is 0.0946. The van der Waals surface area contributed by atoms with Crippen LogP contribution in [0.25, 0.3) is 0 Å². The lowest BCUT2D eigenvalue weighted by atomic mass is 10.1. The number of ether oxygens (including phenoxy) is 1. The summed E-state index contributed by atoms with van der Waals surface area (Å²) >= 11 is 1.45. The van der Waals surface area contributed by atoms with Crippen molar-refractivity contribution in [3.8, 4) is 5.75 Å². The standard InChI is InChI=1S/C16H20N2O2S/c1-18(2)14(12-6-4-7-13(10-12)20-3)11-17-16(19)15-8-5-9-21-15/h4-10,14H,11H2,1-3H3,(H,17,19). The molecule has 0 saturated carbocycles. The minimum atomic E-state index is -0.0280. The monoisotopic (exact) mass is 304 g/mol. The highest BCUT2D eigenvalue weighted by atomic mass is 32.1. The number of thiophene rings is 1. The first-order valence-electron chi connectivity index (χ1n) is 6.74. The Hall–Kier alpha value is -1.85. The number of hydrogen-bond donors (Lipinski definition) is 1. The number of methoxy groups -OCH3 is 1. The van der Waals surface area contributed by atoms with Gasteiger partial charge in [-0.05, 0) is 43.2 Å². The van der Waals surface area contributed by atoms with Crippen LogP contribution in [-0.2, 0) is 0 Å². The van der Waals surface area contributed by atoms with Gasteiger partial charge >= 0.3 is 0 Å². The third-order valence-corrected chi connectivity index (χ3v) is 4.17. The van der Waals surface area contributed by atoms with Crippen LogP contribution in [0.5, 0.6) is 5.75 Å². The third-order valence-electron chi connectivity index (χ3n) is 3.30. The summed E-state index contributed by atoms with van der Waals surface area (Å²) in [7, 11) is 5.66. The number of carbonyl (C=O) groups is 1. The predicted octanol–water partition coefficient (Wildman–Crippen LogP) is 2.79. The van der Waals surface area contributed by atoms with Crippen LogP contribution in [0.1, 0.15) is 21.3 Å². The van der Waals surface area contributed by atoms with Gasteiger partial charge in [0.1, 0.15) is 5.75 Å². The fraction of sp³-hybridized carbons (Fsp3) is 0.312. The predicted molar refractivity (Wildman–Crippen MR) is 86.1 cm³/mol. The molecular formula is C16H20N2O2S. The van der Waals surface area contributed by atoms with Crippen molar-refractivity contribution in [1.82, 2.24) is 10.2 Å². The molecule has 4 nitrogen and oxygen atoms in total. The molecule has 1 atom stereocenters. The molecule has 1 N–H and O–H groups in total. The molecule has 2 rings (SSSR count). The number of hydrogen-bond acceptors (Lipinski definition) is 4. The first-order valence-corrected chi connectivity index (χ1v) is 7.62. The van der Waals surface area contributed by atoms with E-state index in [0.717, 1.165) is 16.2 Å². The van der Waals surface area contributed by atoms with Crippen LogP contribution in [0.3, 0.4) is 0 Å². The molecule has 0 aliphatic heterocycles. The lowest BCUT2D eigenvalue weighted by Crippen LogP contribution is -2.34. The molecule has 0 aliphatic rings. The van der Waals surface area contributed by atoms with Crippen molar-refractivity contribution in [2.75, 3.05) is 27.7 Å². The topological polar surface area (TPSA) is 41.6 Å². The lowest BCUT2D eigenvalue weighted by Gasteiger charge is -2.25.